The van der Waals surface area contributed by atoms with Gasteiger partial charge in [-0.3, -0.25) is 4.98 Å². The van der Waals surface area contributed by atoms with Crippen molar-refractivity contribution in [2.24, 2.45) is 0 Å². The summed E-state index contributed by atoms with van der Waals surface area (Å²) in [5.41, 5.74) is 3.04. The van der Waals surface area contributed by atoms with E-state index in [9.17, 15) is 8.78 Å². The average molecular weight is 341 g/mol. The Labute approximate surface area is 144 Å². The van der Waals surface area contributed by atoms with E-state index in [-0.39, 0.29) is 0 Å². The van der Waals surface area contributed by atoms with Crippen LogP contribution in [0.15, 0.2) is 48.7 Å². The van der Waals surface area contributed by atoms with Crippen molar-refractivity contribution in [3.8, 4) is 0 Å². The number of ether oxygens (including phenoxy) is 1. The lowest BCUT2D eigenvalue weighted by Crippen LogP contribution is -2.36. The van der Waals surface area contributed by atoms with Crippen LogP contribution in [-0.4, -0.2) is 31.3 Å². The number of morpholine rings is 1. The summed E-state index contributed by atoms with van der Waals surface area (Å²) in [7, 11) is 0. The molecule has 4 rings (SSSR count). The van der Waals surface area contributed by atoms with E-state index in [0.717, 1.165) is 54.6 Å². The molecule has 1 aliphatic rings. The number of fused-ring (bicyclic) bond motifs is 1. The molecular formula is C19H17F2N3O. The van der Waals surface area contributed by atoms with Crippen LogP contribution in [0.2, 0.25) is 0 Å². The Kier molecular flexibility index (Phi) is 4.19. The van der Waals surface area contributed by atoms with Gasteiger partial charge in [-0.05, 0) is 36.4 Å². The second-order valence-corrected chi connectivity index (χ2v) is 5.94. The Bertz CT molecular complexity index is 890. The highest BCUT2D eigenvalue weighted by Gasteiger charge is 2.13. The first-order chi connectivity index (χ1) is 12.2. The van der Waals surface area contributed by atoms with Crippen LogP contribution in [0, 0.1) is 11.6 Å². The quantitative estimate of drug-likeness (QED) is 0.778. The molecule has 3 aromatic rings. The number of benzene rings is 2. The molecule has 0 saturated carbocycles. The number of hydrogen-bond acceptors (Lipinski definition) is 4. The van der Waals surface area contributed by atoms with Crippen LogP contribution in [0.25, 0.3) is 10.9 Å². The highest BCUT2D eigenvalue weighted by Crippen LogP contribution is 2.29. The molecular weight excluding hydrogens is 324 g/mol. The van der Waals surface area contributed by atoms with Gasteiger partial charge in [0.25, 0.3) is 0 Å². The molecule has 0 atom stereocenters. The topological polar surface area (TPSA) is 37.4 Å². The van der Waals surface area contributed by atoms with Crippen LogP contribution in [-0.2, 0) is 4.74 Å². The molecule has 2 aromatic carbocycles. The Morgan fingerprint density at radius 2 is 1.72 bits per heavy atom. The number of halogens is 2. The molecule has 0 amide bonds. The number of anilines is 3. The zero-order valence-corrected chi connectivity index (χ0v) is 13.5. The maximum Gasteiger partial charge on any atom is 0.128 e. The van der Waals surface area contributed by atoms with Gasteiger partial charge in [0.15, 0.2) is 0 Å². The normalized spacial score (nSPS) is 14.7. The first-order valence-corrected chi connectivity index (χ1v) is 8.14. The summed E-state index contributed by atoms with van der Waals surface area (Å²) in [5, 5.41) is 3.97. The second-order valence-electron chi connectivity index (χ2n) is 5.94. The summed E-state index contributed by atoms with van der Waals surface area (Å²) in [5.74, 6) is -1.23. The minimum absolute atomic E-state index is 0.363. The van der Waals surface area contributed by atoms with Gasteiger partial charge in [0.05, 0.1) is 18.7 Å². The molecule has 0 aliphatic carbocycles. The van der Waals surface area contributed by atoms with E-state index < -0.39 is 11.6 Å². The molecule has 0 radical (unpaired) electrons. The van der Waals surface area contributed by atoms with E-state index in [2.05, 4.69) is 15.2 Å². The fourth-order valence-electron chi connectivity index (χ4n) is 3.05. The third-order valence-electron chi connectivity index (χ3n) is 4.24. The molecule has 1 aliphatic heterocycles. The number of hydrogen-bond donors (Lipinski definition) is 1. The molecule has 128 valence electrons. The molecule has 0 unspecified atom stereocenters. The second kappa shape index (κ2) is 6.64. The molecule has 1 aromatic heterocycles. The first kappa shape index (κ1) is 15.8. The van der Waals surface area contributed by atoms with Gasteiger partial charge in [-0.15, -0.1) is 0 Å². The van der Waals surface area contributed by atoms with E-state index in [0.29, 0.717) is 5.69 Å². The standard InChI is InChI=1S/C19H17F2N3O/c20-13-9-14(21)11-15(10-13)23-18-3-4-22-19-12-16(1-2-17(18)19)24-5-7-25-8-6-24/h1-4,9-12H,5-8H2,(H,22,23). The third kappa shape index (κ3) is 3.39. The van der Waals surface area contributed by atoms with E-state index in [4.69, 9.17) is 4.74 Å². The van der Waals surface area contributed by atoms with Gasteiger partial charge in [-0.25, -0.2) is 8.78 Å². The van der Waals surface area contributed by atoms with Crippen LogP contribution in [0.4, 0.5) is 25.8 Å². The SMILES string of the molecule is Fc1cc(F)cc(Nc2ccnc3cc(N4CCOCC4)ccc23)c1. The Balaban J connectivity index is 1.67. The van der Waals surface area contributed by atoms with E-state index >= 15 is 0 Å². The zero-order valence-electron chi connectivity index (χ0n) is 13.5. The fourth-order valence-corrected chi connectivity index (χ4v) is 3.05. The molecule has 6 heteroatoms. The average Bonchev–Trinajstić information content (AvgIpc) is 2.61. The first-order valence-electron chi connectivity index (χ1n) is 8.14. The predicted molar refractivity (Wildman–Crippen MR) is 94.4 cm³/mol. The molecule has 25 heavy (non-hydrogen) atoms. The summed E-state index contributed by atoms with van der Waals surface area (Å²) in [6.45, 7) is 3.15. The molecule has 1 saturated heterocycles. The summed E-state index contributed by atoms with van der Waals surface area (Å²) in [6, 6.07) is 11.2. The van der Waals surface area contributed by atoms with Crippen molar-refractivity contribution in [3.63, 3.8) is 0 Å². The summed E-state index contributed by atoms with van der Waals surface area (Å²) in [6.07, 6.45) is 1.68. The Hall–Kier alpha value is -2.73. The molecule has 0 spiro atoms. The Morgan fingerprint density at radius 1 is 0.960 bits per heavy atom. The lowest BCUT2D eigenvalue weighted by molar-refractivity contribution is 0.122. The predicted octanol–water partition coefficient (Wildman–Crippen LogP) is 4.09. The smallest absolute Gasteiger partial charge is 0.128 e. The van der Waals surface area contributed by atoms with E-state index in [1.807, 2.05) is 18.2 Å². The van der Waals surface area contributed by atoms with E-state index in [1.54, 1.807) is 12.3 Å². The van der Waals surface area contributed by atoms with Gasteiger partial charge in [0.2, 0.25) is 0 Å². The monoisotopic (exact) mass is 341 g/mol. The zero-order chi connectivity index (χ0) is 17.2. The van der Waals surface area contributed by atoms with Crippen LogP contribution in [0.5, 0.6) is 0 Å². The fraction of sp³-hybridized carbons (Fsp3) is 0.211. The highest BCUT2D eigenvalue weighted by atomic mass is 19.1. The molecule has 1 fully saturated rings. The van der Waals surface area contributed by atoms with Gasteiger partial charge >= 0.3 is 0 Å². The number of pyridine rings is 1. The van der Waals surface area contributed by atoms with Crippen molar-refractivity contribution in [1.82, 2.24) is 4.98 Å². The minimum Gasteiger partial charge on any atom is -0.378 e. The van der Waals surface area contributed by atoms with Gasteiger partial charge < -0.3 is 15.0 Å². The van der Waals surface area contributed by atoms with Crippen LogP contribution >= 0.6 is 0 Å². The Morgan fingerprint density at radius 3 is 2.48 bits per heavy atom. The summed E-state index contributed by atoms with van der Waals surface area (Å²) in [4.78, 5) is 6.68. The molecule has 1 N–H and O–H groups in total. The van der Waals surface area contributed by atoms with Crippen molar-refractivity contribution in [2.45, 2.75) is 0 Å². The van der Waals surface area contributed by atoms with Crippen molar-refractivity contribution in [2.75, 3.05) is 36.5 Å². The van der Waals surface area contributed by atoms with Crippen LogP contribution in [0.3, 0.4) is 0 Å². The lowest BCUT2D eigenvalue weighted by Gasteiger charge is -2.29. The van der Waals surface area contributed by atoms with Gasteiger partial charge in [0.1, 0.15) is 11.6 Å². The third-order valence-corrected chi connectivity index (χ3v) is 4.24. The van der Waals surface area contributed by atoms with Crippen LogP contribution < -0.4 is 10.2 Å². The summed E-state index contributed by atoms with van der Waals surface area (Å²) >= 11 is 0. The molecule has 0 bridgehead atoms. The van der Waals surface area contributed by atoms with Gasteiger partial charge in [0, 0.05) is 47.8 Å². The van der Waals surface area contributed by atoms with Crippen molar-refractivity contribution in [1.29, 1.82) is 0 Å². The van der Waals surface area contributed by atoms with Gasteiger partial charge in [-0.1, -0.05) is 0 Å². The summed E-state index contributed by atoms with van der Waals surface area (Å²) < 4.78 is 32.2. The highest BCUT2D eigenvalue weighted by molar-refractivity contribution is 5.94. The maximum atomic E-state index is 13.4. The number of rotatable bonds is 3. The molecule has 4 nitrogen and oxygen atoms in total. The van der Waals surface area contributed by atoms with Gasteiger partial charge in [-0.2, -0.15) is 0 Å². The van der Waals surface area contributed by atoms with Crippen molar-refractivity contribution in [3.05, 3.63) is 60.3 Å². The molecule has 2 heterocycles. The van der Waals surface area contributed by atoms with Crippen LogP contribution in [0.1, 0.15) is 0 Å². The maximum absolute atomic E-state index is 13.4. The van der Waals surface area contributed by atoms with Crippen molar-refractivity contribution < 1.29 is 13.5 Å². The number of aromatic nitrogens is 1. The largest absolute Gasteiger partial charge is 0.378 e. The number of nitrogens with zero attached hydrogens (tertiary/aromatic N) is 2. The van der Waals surface area contributed by atoms with E-state index in [1.165, 1.54) is 12.1 Å². The number of nitrogens with one attached hydrogen (secondary N) is 1. The lowest BCUT2D eigenvalue weighted by atomic mass is 10.1. The van der Waals surface area contributed by atoms with Crippen molar-refractivity contribution >= 4 is 28.0 Å². The minimum atomic E-state index is -0.615.